The molecule has 0 aliphatic rings. The van der Waals surface area contributed by atoms with Crippen LogP contribution >= 0.6 is 0 Å². The van der Waals surface area contributed by atoms with E-state index in [0.29, 0.717) is 0 Å². The smallest absolute Gasteiger partial charge is 0.167 e. The van der Waals surface area contributed by atoms with Crippen LogP contribution in [0, 0.1) is 6.92 Å². The van der Waals surface area contributed by atoms with Gasteiger partial charge in [-0.2, -0.15) is 5.10 Å². The van der Waals surface area contributed by atoms with Crippen molar-refractivity contribution < 1.29 is 4.52 Å². The first-order valence-electron chi connectivity index (χ1n) is 6.23. The maximum atomic E-state index is 5.20. The largest absolute Gasteiger partial charge is 0.356 e. The molecule has 0 radical (unpaired) electrons. The van der Waals surface area contributed by atoms with E-state index in [-0.39, 0.29) is 0 Å². The minimum atomic E-state index is 0.751. The summed E-state index contributed by atoms with van der Waals surface area (Å²) in [6.07, 6.45) is 1.73. The van der Waals surface area contributed by atoms with Crippen LogP contribution < -0.4 is 5.32 Å². The topological polar surface area (TPSA) is 79.6 Å². The Morgan fingerprint density at radius 2 is 2.15 bits per heavy atom. The van der Waals surface area contributed by atoms with Gasteiger partial charge in [0.25, 0.3) is 0 Å². The Kier molecular flexibility index (Phi) is 2.23. The maximum absolute atomic E-state index is 5.20. The summed E-state index contributed by atoms with van der Waals surface area (Å²) in [6.45, 7) is 1.92. The molecule has 6 nitrogen and oxygen atoms in total. The van der Waals surface area contributed by atoms with E-state index in [9.17, 15) is 0 Å². The zero-order chi connectivity index (χ0) is 13.5. The van der Waals surface area contributed by atoms with Crippen LogP contribution in [0.2, 0.25) is 0 Å². The van der Waals surface area contributed by atoms with Gasteiger partial charge in [-0.3, -0.25) is 5.10 Å². The van der Waals surface area contributed by atoms with Gasteiger partial charge in [-0.1, -0.05) is 5.16 Å². The number of aryl methyl sites for hydroxylation is 1. The van der Waals surface area contributed by atoms with E-state index in [2.05, 4.69) is 25.7 Å². The van der Waals surface area contributed by atoms with Crippen LogP contribution in [0.3, 0.4) is 0 Å². The molecule has 0 fully saturated rings. The molecule has 0 amide bonds. The van der Waals surface area contributed by atoms with Crippen molar-refractivity contribution in [2.24, 2.45) is 0 Å². The first kappa shape index (κ1) is 11.0. The first-order valence-corrected chi connectivity index (χ1v) is 6.23. The van der Waals surface area contributed by atoms with Crippen LogP contribution in [0.25, 0.3) is 22.0 Å². The molecule has 0 atom stereocenters. The first-order chi connectivity index (χ1) is 9.81. The molecule has 4 rings (SSSR count). The number of benzene rings is 1. The SMILES string of the molecule is Cc1noc2ccc(Nc3n[nH]c4ncccc34)cc12. The van der Waals surface area contributed by atoms with E-state index in [1.165, 1.54) is 0 Å². The fourth-order valence-electron chi connectivity index (χ4n) is 2.22. The maximum Gasteiger partial charge on any atom is 0.167 e. The van der Waals surface area contributed by atoms with Crippen molar-refractivity contribution in [1.29, 1.82) is 0 Å². The van der Waals surface area contributed by atoms with Crippen molar-refractivity contribution in [2.75, 3.05) is 5.32 Å². The summed E-state index contributed by atoms with van der Waals surface area (Å²) in [6, 6.07) is 9.68. The summed E-state index contributed by atoms with van der Waals surface area (Å²) in [5, 5.41) is 16.3. The molecule has 20 heavy (non-hydrogen) atoms. The predicted molar refractivity (Wildman–Crippen MR) is 75.9 cm³/mol. The Hall–Kier alpha value is -2.89. The second kappa shape index (κ2) is 4.06. The van der Waals surface area contributed by atoms with Crippen molar-refractivity contribution in [2.45, 2.75) is 6.92 Å². The lowest BCUT2D eigenvalue weighted by molar-refractivity contribution is 0.450. The van der Waals surface area contributed by atoms with Gasteiger partial charge in [0, 0.05) is 17.3 Å². The van der Waals surface area contributed by atoms with Gasteiger partial charge >= 0.3 is 0 Å². The average Bonchev–Trinajstić information content (AvgIpc) is 3.05. The number of nitrogens with zero attached hydrogens (tertiary/aromatic N) is 3. The van der Waals surface area contributed by atoms with E-state index in [1.54, 1.807) is 6.20 Å². The van der Waals surface area contributed by atoms with Crippen LogP contribution in [0.5, 0.6) is 0 Å². The van der Waals surface area contributed by atoms with Crippen molar-refractivity contribution in [1.82, 2.24) is 20.3 Å². The number of rotatable bonds is 2. The van der Waals surface area contributed by atoms with Crippen LogP contribution in [0.4, 0.5) is 11.5 Å². The van der Waals surface area contributed by atoms with Crippen LogP contribution in [0.1, 0.15) is 5.69 Å². The van der Waals surface area contributed by atoms with Gasteiger partial charge in [-0.25, -0.2) is 4.98 Å². The molecule has 4 aromatic rings. The number of nitrogens with one attached hydrogen (secondary N) is 2. The number of aromatic amines is 1. The third-order valence-corrected chi connectivity index (χ3v) is 3.25. The van der Waals surface area contributed by atoms with Crippen molar-refractivity contribution in [3.63, 3.8) is 0 Å². The lowest BCUT2D eigenvalue weighted by Crippen LogP contribution is -1.91. The standard InChI is InChI=1S/C14H11N5O/c1-8-11-7-9(4-5-12(11)20-19-8)16-14-10-3-2-6-15-13(10)17-18-14/h2-7H,1H3,(H2,15,16,17,18). The summed E-state index contributed by atoms with van der Waals surface area (Å²) in [5.74, 6) is 0.751. The number of hydrogen-bond donors (Lipinski definition) is 2. The summed E-state index contributed by atoms with van der Waals surface area (Å²) in [7, 11) is 0. The number of H-pyrrole nitrogens is 1. The quantitative estimate of drug-likeness (QED) is 0.582. The van der Waals surface area contributed by atoms with E-state index in [1.807, 2.05) is 37.3 Å². The molecule has 0 saturated heterocycles. The monoisotopic (exact) mass is 265 g/mol. The number of hydrogen-bond acceptors (Lipinski definition) is 5. The molecule has 0 unspecified atom stereocenters. The van der Waals surface area contributed by atoms with Gasteiger partial charge in [0.05, 0.1) is 11.1 Å². The molecule has 0 aliphatic carbocycles. The third-order valence-electron chi connectivity index (χ3n) is 3.25. The Morgan fingerprint density at radius 1 is 1.20 bits per heavy atom. The minimum Gasteiger partial charge on any atom is -0.356 e. The Bertz CT molecular complexity index is 908. The van der Waals surface area contributed by atoms with Gasteiger partial charge in [0.2, 0.25) is 0 Å². The zero-order valence-corrected chi connectivity index (χ0v) is 10.7. The van der Waals surface area contributed by atoms with E-state index in [4.69, 9.17) is 4.52 Å². The second-order valence-corrected chi connectivity index (χ2v) is 4.58. The number of fused-ring (bicyclic) bond motifs is 2. The van der Waals surface area contributed by atoms with Gasteiger partial charge in [0.15, 0.2) is 17.0 Å². The Balaban J connectivity index is 1.78. The number of aromatic nitrogens is 4. The molecule has 1 aromatic carbocycles. The van der Waals surface area contributed by atoms with Gasteiger partial charge in [-0.05, 0) is 37.3 Å². The predicted octanol–water partition coefficient (Wildman–Crippen LogP) is 3.15. The zero-order valence-electron chi connectivity index (χ0n) is 10.7. The highest BCUT2D eigenvalue weighted by molar-refractivity contribution is 5.90. The lowest BCUT2D eigenvalue weighted by Gasteiger charge is -2.03. The van der Waals surface area contributed by atoms with Gasteiger partial charge in [-0.15, -0.1) is 0 Å². The number of anilines is 2. The van der Waals surface area contributed by atoms with E-state index >= 15 is 0 Å². The molecular formula is C14H11N5O. The molecule has 6 heteroatoms. The summed E-state index contributed by atoms with van der Waals surface area (Å²) in [4.78, 5) is 4.22. The minimum absolute atomic E-state index is 0.751. The van der Waals surface area contributed by atoms with Crippen LogP contribution in [-0.4, -0.2) is 20.3 Å². The lowest BCUT2D eigenvalue weighted by atomic mass is 10.2. The highest BCUT2D eigenvalue weighted by Crippen LogP contribution is 2.26. The van der Waals surface area contributed by atoms with E-state index < -0.39 is 0 Å². The van der Waals surface area contributed by atoms with Crippen molar-refractivity contribution in [3.8, 4) is 0 Å². The fraction of sp³-hybridized carbons (Fsp3) is 0.0714. The van der Waals surface area contributed by atoms with Crippen LogP contribution in [-0.2, 0) is 0 Å². The molecule has 3 aromatic heterocycles. The van der Waals surface area contributed by atoms with Crippen molar-refractivity contribution >= 4 is 33.5 Å². The molecule has 0 aliphatic heterocycles. The third kappa shape index (κ3) is 1.62. The molecule has 0 spiro atoms. The van der Waals surface area contributed by atoms with Gasteiger partial charge < -0.3 is 9.84 Å². The summed E-state index contributed by atoms with van der Waals surface area (Å²) < 4.78 is 5.20. The summed E-state index contributed by atoms with van der Waals surface area (Å²) in [5.41, 5.74) is 3.34. The highest BCUT2D eigenvalue weighted by atomic mass is 16.5. The van der Waals surface area contributed by atoms with Gasteiger partial charge in [0.1, 0.15) is 0 Å². The van der Waals surface area contributed by atoms with E-state index in [0.717, 1.165) is 39.2 Å². The highest BCUT2D eigenvalue weighted by Gasteiger charge is 2.08. The number of pyridine rings is 1. The second-order valence-electron chi connectivity index (χ2n) is 4.58. The summed E-state index contributed by atoms with van der Waals surface area (Å²) >= 11 is 0. The molecule has 2 N–H and O–H groups in total. The van der Waals surface area contributed by atoms with Crippen molar-refractivity contribution in [3.05, 3.63) is 42.2 Å². The Labute approximate surface area is 113 Å². The molecule has 0 saturated carbocycles. The fourth-order valence-corrected chi connectivity index (χ4v) is 2.22. The molecule has 98 valence electrons. The molecule has 3 heterocycles. The Morgan fingerprint density at radius 3 is 3.10 bits per heavy atom. The molecular weight excluding hydrogens is 254 g/mol. The molecule has 0 bridgehead atoms. The normalized spacial score (nSPS) is 11.2. The van der Waals surface area contributed by atoms with Crippen LogP contribution in [0.15, 0.2) is 41.1 Å². The average molecular weight is 265 g/mol.